The lowest BCUT2D eigenvalue weighted by atomic mass is 10.2. The molecule has 0 bridgehead atoms. The zero-order valence-corrected chi connectivity index (χ0v) is 15.4. The van der Waals surface area contributed by atoms with E-state index in [-0.39, 0.29) is 23.8 Å². The second kappa shape index (κ2) is 8.66. The molecule has 0 radical (unpaired) electrons. The summed E-state index contributed by atoms with van der Waals surface area (Å²) in [5.41, 5.74) is 5.91. The molecule has 2 rings (SSSR count). The largest absolute Gasteiger partial charge is 0.383 e. The number of hydrogen-bond acceptors (Lipinski definition) is 5. The number of thiophene rings is 1. The number of aromatic amines is 1. The molecule has 136 valence electrons. The molecule has 2 aromatic rings. The van der Waals surface area contributed by atoms with Gasteiger partial charge in [0, 0.05) is 13.1 Å². The molecule has 0 aliphatic heterocycles. The van der Waals surface area contributed by atoms with Crippen molar-refractivity contribution in [3.63, 3.8) is 0 Å². The second-order valence-corrected chi connectivity index (χ2v) is 6.63. The van der Waals surface area contributed by atoms with Gasteiger partial charge in [0.05, 0.1) is 6.42 Å². The summed E-state index contributed by atoms with van der Waals surface area (Å²) in [6, 6.07) is 1.88. The van der Waals surface area contributed by atoms with E-state index in [1.54, 1.807) is 0 Å². The molecule has 0 unspecified atom stereocenters. The topological polar surface area (TPSA) is 101 Å². The quantitative estimate of drug-likeness (QED) is 0.747. The van der Waals surface area contributed by atoms with E-state index < -0.39 is 11.2 Å². The lowest BCUT2D eigenvalue weighted by Crippen LogP contribution is -2.42. The molecule has 8 heteroatoms. The van der Waals surface area contributed by atoms with Crippen molar-refractivity contribution in [1.82, 2.24) is 9.55 Å². The summed E-state index contributed by atoms with van der Waals surface area (Å²) < 4.78 is 1.31. The van der Waals surface area contributed by atoms with E-state index in [0.717, 1.165) is 18.4 Å². The zero-order valence-electron chi connectivity index (χ0n) is 14.6. The third kappa shape index (κ3) is 4.39. The highest BCUT2D eigenvalue weighted by Gasteiger charge is 2.23. The first-order valence-corrected chi connectivity index (χ1v) is 9.37. The van der Waals surface area contributed by atoms with Gasteiger partial charge in [-0.3, -0.25) is 19.1 Å². The summed E-state index contributed by atoms with van der Waals surface area (Å²) in [7, 11) is 0. The third-order valence-electron chi connectivity index (χ3n) is 3.90. The van der Waals surface area contributed by atoms with Crippen molar-refractivity contribution >= 4 is 28.7 Å². The average Bonchev–Trinajstić information content (AvgIpc) is 3.07. The molecule has 2 heterocycles. The minimum absolute atomic E-state index is 0.0466. The molecule has 0 spiro atoms. The molecule has 0 aliphatic rings. The van der Waals surface area contributed by atoms with Crippen molar-refractivity contribution < 1.29 is 4.79 Å². The number of nitrogens with zero attached hydrogens (tertiary/aromatic N) is 2. The Kier molecular flexibility index (Phi) is 6.58. The number of nitrogen functional groups attached to an aromatic ring is 1. The highest BCUT2D eigenvalue weighted by atomic mass is 32.1. The first-order valence-electron chi connectivity index (χ1n) is 8.43. The third-order valence-corrected chi connectivity index (χ3v) is 4.64. The Bertz CT molecular complexity index is 823. The van der Waals surface area contributed by atoms with Crippen LogP contribution in [0.3, 0.4) is 0 Å². The van der Waals surface area contributed by atoms with E-state index in [2.05, 4.69) is 4.98 Å². The molecule has 0 aromatic carbocycles. The van der Waals surface area contributed by atoms with Crippen LogP contribution >= 0.6 is 11.3 Å². The predicted molar refractivity (Wildman–Crippen MR) is 101 cm³/mol. The summed E-state index contributed by atoms with van der Waals surface area (Å²) in [6.07, 6.45) is 2.49. The van der Waals surface area contributed by atoms with Crippen LogP contribution in [0.15, 0.2) is 26.4 Å². The van der Waals surface area contributed by atoms with Crippen molar-refractivity contribution in [3.8, 4) is 0 Å². The van der Waals surface area contributed by atoms with E-state index >= 15 is 0 Å². The average molecular weight is 364 g/mol. The van der Waals surface area contributed by atoms with Gasteiger partial charge in [-0.25, -0.2) is 4.79 Å². The second-order valence-electron chi connectivity index (χ2n) is 5.85. The number of nitrogens with one attached hydrogen (secondary N) is 1. The number of anilines is 2. The lowest BCUT2D eigenvalue weighted by Gasteiger charge is -2.24. The van der Waals surface area contributed by atoms with E-state index in [4.69, 9.17) is 5.73 Å². The molecule has 0 fully saturated rings. The Labute approximate surface area is 150 Å². The summed E-state index contributed by atoms with van der Waals surface area (Å²) in [4.78, 5) is 40.9. The fourth-order valence-corrected chi connectivity index (χ4v) is 3.29. The van der Waals surface area contributed by atoms with Gasteiger partial charge < -0.3 is 10.6 Å². The number of H-pyrrole nitrogens is 1. The fraction of sp³-hybridized carbons (Fsp3) is 0.471. The molecule has 7 nitrogen and oxygen atoms in total. The van der Waals surface area contributed by atoms with E-state index in [1.165, 1.54) is 20.8 Å². The maximum Gasteiger partial charge on any atom is 0.330 e. The molecule has 0 aliphatic carbocycles. The van der Waals surface area contributed by atoms with Gasteiger partial charge in [0.2, 0.25) is 5.91 Å². The smallest absolute Gasteiger partial charge is 0.330 e. The van der Waals surface area contributed by atoms with Gasteiger partial charge in [0.15, 0.2) is 5.69 Å². The summed E-state index contributed by atoms with van der Waals surface area (Å²) in [5.74, 6) is -0.156. The lowest BCUT2D eigenvalue weighted by molar-refractivity contribution is -0.118. The van der Waals surface area contributed by atoms with E-state index in [9.17, 15) is 14.4 Å². The minimum Gasteiger partial charge on any atom is -0.383 e. The van der Waals surface area contributed by atoms with Crippen LogP contribution in [0, 0.1) is 0 Å². The maximum absolute atomic E-state index is 12.8. The van der Waals surface area contributed by atoms with Gasteiger partial charge >= 0.3 is 5.69 Å². The molecule has 0 saturated carbocycles. The van der Waals surface area contributed by atoms with Crippen LogP contribution in [0.1, 0.15) is 38.7 Å². The fourth-order valence-electron chi connectivity index (χ4n) is 2.62. The Balaban J connectivity index is 2.46. The maximum atomic E-state index is 12.8. The van der Waals surface area contributed by atoms with E-state index in [0.29, 0.717) is 19.5 Å². The van der Waals surface area contributed by atoms with Crippen LogP contribution in [-0.4, -0.2) is 22.0 Å². The van der Waals surface area contributed by atoms with E-state index in [1.807, 2.05) is 30.7 Å². The molecule has 0 saturated heterocycles. The number of amides is 1. The van der Waals surface area contributed by atoms with Gasteiger partial charge in [0.1, 0.15) is 5.82 Å². The molecular formula is C17H24N4O3S. The van der Waals surface area contributed by atoms with Crippen molar-refractivity contribution in [1.29, 1.82) is 0 Å². The monoisotopic (exact) mass is 364 g/mol. The van der Waals surface area contributed by atoms with Gasteiger partial charge in [-0.05, 0) is 35.2 Å². The molecule has 25 heavy (non-hydrogen) atoms. The van der Waals surface area contributed by atoms with Crippen LogP contribution in [0.5, 0.6) is 0 Å². The Morgan fingerprint density at radius 2 is 2.08 bits per heavy atom. The first-order chi connectivity index (χ1) is 12.0. The normalized spacial score (nSPS) is 10.8. The Morgan fingerprint density at radius 1 is 1.32 bits per heavy atom. The molecule has 0 atom stereocenters. The highest BCUT2D eigenvalue weighted by Crippen LogP contribution is 2.19. The Morgan fingerprint density at radius 3 is 2.68 bits per heavy atom. The van der Waals surface area contributed by atoms with Gasteiger partial charge in [-0.2, -0.15) is 11.3 Å². The number of rotatable bonds is 8. The number of carbonyl (C=O) groups excluding carboxylic acids is 1. The SMILES string of the molecule is CCCCN(C(=O)Cc1ccsc1)c1c(N)n(CCC)c(=O)[nH]c1=O. The van der Waals surface area contributed by atoms with Crippen LogP contribution in [0.4, 0.5) is 11.5 Å². The molecule has 2 aromatic heterocycles. The number of carbonyl (C=O) groups is 1. The molecule has 3 N–H and O–H groups in total. The highest BCUT2D eigenvalue weighted by molar-refractivity contribution is 7.08. The Hall–Kier alpha value is -2.35. The zero-order chi connectivity index (χ0) is 18.4. The number of unbranched alkanes of at least 4 members (excludes halogenated alkanes) is 1. The van der Waals surface area contributed by atoms with Crippen molar-refractivity contribution in [2.45, 2.75) is 46.1 Å². The minimum atomic E-state index is -0.621. The summed E-state index contributed by atoms with van der Waals surface area (Å²) in [5, 5.41) is 3.81. The van der Waals surface area contributed by atoms with Gasteiger partial charge in [0.25, 0.3) is 5.56 Å². The number of nitrogens with two attached hydrogens (primary N) is 1. The van der Waals surface area contributed by atoms with Crippen LogP contribution in [-0.2, 0) is 17.8 Å². The van der Waals surface area contributed by atoms with Crippen LogP contribution in [0.25, 0.3) is 0 Å². The molecule has 1 amide bonds. The number of hydrogen-bond donors (Lipinski definition) is 2. The van der Waals surface area contributed by atoms with Crippen LogP contribution < -0.4 is 21.9 Å². The van der Waals surface area contributed by atoms with Crippen LogP contribution in [0.2, 0.25) is 0 Å². The van der Waals surface area contributed by atoms with Crippen molar-refractivity contribution in [2.75, 3.05) is 17.2 Å². The van der Waals surface area contributed by atoms with Gasteiger partial charge in [-0.15, -0.1) is 0 Å². The van der Waals surface area contributed by atoms with Crippen molar-refractivity contribution in [3.05, 3.63) is 43.2 Å². The summed E-state index contributed by atoms with van der Waals surface area (Å²) >= 11 is 1.52. The first kappa shape index (κ1) is 19.0. The van der Waals surface area contributed by atoms with Crippen molar-refractivity contribution in [2.24, 2.45) is 0 Å². The standard InChI is InChI=1S/C17H24N4O3S/c1-3-5-8-20(13(22)10-12-6-9-25-11-12)14-15(18)21(7-4-2)17(24)19-16(14)23/h6,9,11H,3-5,7-8,10,18H2,1-2H3,(H,19,23,24). The summed E-state index contributed by atoms with van der Waals surface area (Å²) in [6.45, 7) is 4.69. The van der Waals surface area contributed by atoms with Gasteiger partial charge in [-0.1, -0.05) is 20.3 Å². The number of aromatic nitrogens is 2. The predicted octanol–water partition coefficient (Wildman–Crippen LogP) is 1.97. The molecular weight excluding hydrogens is 340 g/mol.